The number of carboxylic acid groups (broad SMARTS) is 1. The molecule has 2 rings (SSSR count). The molecule has 4 atom stereocenters. The van der Waals surface area contributed by atoms with E-state index in [1.165, 1.54) is 29.8 Å². The molecule has 0 spiro atoms. The van der Waals surface area contributed by atoms with Crippen molar-refractivity contribution in [2.24, 2.45) is 0 Å². The minimum Gasteiger partial charge on any atom is -0.481 e. The highest BCUT2D eigenvalue weighted by Gasteiger charge is 2.37. The van der Waals surface area contributed by atoms with Gasteiger partial charge in [-0.05, 0) is 99.4 Å². The van der Waals surface area contributed by atoms with Gasteiger partial charge in [0.1, 0.15) is 12.2 Å². The van der Waals surface area contributed by atoms with Gasteiger partial charge in [-0.3, -0.25) is 14.4 Å². The number of carbonyl (C=O) groups excluding carboxylic acids is 2. The van der Waals surface area contributed by atoms with Gasteiger partial charge in [0.05, 0.1) is 56.1 Å². The molecule has 0 aromatic carbocycles. The maximum absolute atomic E-state index is 12.5. The summed E-state index contributed by atoms with van der Waals surface area (Å²) in [5.41, 5.74) is -1.67. The highest BCUT2D eigenvalue weighted by atomic mass is 79.9. The van der Waals surface area contributed by atoms with E-state index in [0.29, 0.717) is 0 Å². The molecule has 2 aromatic rings. The summed E-state index contributed by atoms with van der Waals surface area (Å²) in [6.07, 6.45) is -0.360. The van der Waals surface area contributed by atoms with Crippen LogP contribution in [0.15, 0.2) is 31.8 Å². The maximum atomic E-state index is 12.5. The standard InChI is InChI=1S/C15H22BrNO4S2.C12H18BrNO3S2.4H2/c1-14(2,3)23(20)17-15(4,12-6-10(16)9-22-12)8-11(18)7-13(19)21-5;1-11(2,3)19(17)14-12(4,6-10(15)16)9-5-8(13)7-18-9;;;;/h6,9,17H,7-8H2,1-5H3;5,7,14H,6H2,1-4H3,(H,15,16);4*1H/t15-,23?;12-,19?;;;;/m00..../s1/i;;3*1+1D;1+1. The van der Waals surface area contributed by atoms with Crippen LogP contribution in [-0.2, 0) is 52.2 Å². The number of ether oxygens (including phenoxy) is 1. The first-order valence-corrected chi connectivity index (χ1v) is 18.4. The Bertz CT molecular complexity index is 1330. The van der Waals surface area contributed by atoms with Crippen molar-refractivity contribution in [3.63, 3.8) is 0 Å². The van der Waals surface area contributed by atoms with Gasteiger partial charge in [-0.2, -0.15) is 0 Å². The number of aliphatic carboxylic acids is 1. The summed E-state index contributed by atoms with van der Waals surface area (Å²) in [6, 6.07) is 3.75. The molecule has 0 aliphatic heterocycles. The topological polar surface area (TPSA) is 139 Å². The van der Waals surface area contributed by atoms with Gasteiger partial charge in [0.25, 0.3) is 0 Å². The highest BCUT2D eigenvalue weighted by molar-refractivity contribution is 9.10. The van der Waals surface area contributed by atoms with Crippen LogP contribution in [-0.4, -0.2) is 47.9 Å². The first kappa shape index (κ1) is 34.1. The number of ketones is 1. The molecule has 3 N–H and O–H groups in total. The number of halogens is 2. The smallest absolute Gasteiger partial charge is 0.313 e. The van der Waals surface area contributed by atoms with Crippen molar-refractivity contribution < 1.29 is 43.0 Å². The zero-order chi connectivity index (χ0) is 38.7. The van der Waals surface area contributed by atoms with Gasteiger partial charge >= 0.3 is 11.9 Å². The Labute approximate surface area is 289 Å². The molecule has 0 bridgehead atoms. The van der Waals surface area contributed by atoms with Crippen molar-refractivity contribution in [3.05, 3.63) is 41.6 Å². The van der Waals surface area contributed by atoms with Crippen LogP contribution in [0, 0.1) is 0 Å². The zero-order valence-corrected chi connectivity index (χ0v) is 31.7. The Balaban J connectivity index is -0.000000356. The Hall–Kier alpha value is -0.810. The molecule has 9 nitrogen and oxygen atoms in total. The number of hydrogen-bond donors (Lipinski definition) is 3. The van der Waals surface area contributed by atoms with Crippen LogP contribution in [0.5, 0.6) is 0 Å². The van der Waals surface area contributed by atoms with E-state index in [0.717, 1.165) is 18.7 Å². The van der Waals surface area contributed by atoms with Crippen molar-refractivity contribution in [1.29, 1.82) is 0 Å². The Kier molecular flexibility index (Phi) is 12.9. The molecule has 2 aromatic heterocycles. The van der Waals surface area contributed by atoms with E-state index in [2.05, 4.69) is 46.0 Å². The number of carbonyl (C=O) groups is 3. The summed E-state index contributed by atoms with van der Waals surface area (Å²) in [7, 11) is -1.44. The second-order valence-electron chi connectivity index (χ2n) is 11.9. The van der Waals surface area contributed by atoms with Crippen molar-refractivity contribution in [2.75, 3.05) is 7.11 Å². The number of Topliss-reactive ketones (excluding diaryl/α,β-unsaturated/α-hetero) is 1. The quantitative estimate of drug-likeness (QED) is 0.149. The van der Waals surface area contributed by atoms with Gasteiger partial charge in [0.2, 0.25) is 0 Å². The SMILES string of the molecule is CC(C)(C)S(=O)N[C@@](C)(CC(=O)O)c1cc(Br)cs1.COC(=O)CC(=O)C[C@](C)(NS(=O)C(C)(C)C)c1cc(Br)cs1.[2HH].[2H][2H].[2H][2H].[2H][2H]. The zero-order valence-electron chi connectivity index (χ0n) is 31.2. The van der Waals surface area contributed by atoms with Crippen LogP contribution in [0.2, 0.25) is 0 Å². The molecule has 15 heteroatoms. The predicted octanol–water partition coefficient (Wildman–Crippen LogP) is 7.54. The fourth-order valence-electron chi connectivity index (χ4n) is 3.26. The molecule has 2 heterocycles. The molecular weight excluding hydrogens is 752 g/mol. The predicted molar refractivity (Wildman–Crippen MR) is 188 cm³/mol. The average molecular weight is 808 g/mol. The normalized spacial score (nSPS) is 16.8. The maximum Gasteiger partial charge on any atom is 0.313 e. The number of carboxylic acids is 1. The summed E-state index contributed by atoms with van der Waals surface area (Å²) in [5, 5.41) is 12.9. The van der Waals surface area contributed by atoms with Crippen LogP contribution < -0.4 is 9.44 Å². The van der Waals surface area contributed by atoms with Gasteiger partial charge in [-0.1, -0.05) is 0 Å². The molecule has 246 valence electrons. The fourth-order valence-corrected chi connectivity index (χ4v) is 8.28. The van der Waals surface area contributed by atoms with Crippen molar-refractivity contribution in [3.8, 4) is 0 Å². The number of methoxy groups -OCH3 is 1. The van der Waals surface area contributed by atoms with Crippen LogP contribution in [0.25, 0.3) is 0 Å². The number of nitrogens with one attached hydrogen (secondary N) is 2. The molecule has 0 aliphatic rings. The third-order valence-corrected chi connectivity index (χ3v) is 13.0. The van der Waals surface area contributed by atoms with Crippen LogP contribution in [0.3, 0.4) is 0 Å². The minimum absolute atomic E-state index is 0. The van der Waals surface area contributed by atoms with Crippen LogP contribution >= 0.6 is 54.5 Å². The van der Waals surface area contributed by atoms with Gasteiger partial charge in [-0.25, -0.2) is 17.9 Å². The van der Waals surface area contributed by atoms with E-state index in [1.54, 1.807) is 6.92 Å². The first-order chi connectivity index (χ1) is 22.0. The molecule has 0 saturated carbocycles. The van der Waals surface area contributed by atoms with E-state index in [4.69, 9.17) is 14.0 Å². The lowest BCUT2D eigenvalue weighted by atomic mass is 9.93. The first-order valence-electron chi connectivity index (χ1n) is 15.7. The van der Waals surface area contributed by atoms with Gasteiger partial charge in [0, 0.05) is 46.2 Å². The summed E-state index contributed by atoms with van der Waals surface area (Å²) in [5.74, 6) is -1.76. The second-order valence-corrected chi connectivity index (χ2v) is 19.5. The molecule has 0 amide bonds. The summed E-state index contributed by atoms with van der Waals surface area (Å²) in [6.45, 7) is 14.7. The van der Waals surface area contributed by atoms with Crippen molar-refractivity contribution in [2.45, 2.75) is 95.2 Å². The van der Waals surface area contributed by atoms with Gasteiger partial charge in [-0.15, -0.1) is 22.7 Å². The van der Waals surface area contributed by atoms with E-state index in [1.807, 2.05) is 71.4 Å². The summed E-state index contributed by atoms with van der Waals surface area (Å²) < 4.78 is 66.2. The van der Waals surface area contributed by atoms with E-state index < -0.39 is 54.5 Å². The van der Waals surface area contributed by atoms with Gasteiger partial charge < -0.3 is 9.84 Å². The molecule has 0 fully saturated rings. The Morgan fingerprint density at radius 2 is 1.24 bits per heavy atom. The lowest BCUT2D eigenvalue weighted by Crippen LogP contribution is -2.47. The fraction of sp³-hybridized carbons (Fsp3) is 0.593. The summed E-state index contributed by atoms with van der Waals surface area (Å²) in [4.78, 5) is 36.3. The number of hydrogen-bond acceptors (Lipinski definition) is 8. The van der Waals surface area contributed by atoms with Crippen molar-refractivity contribution >= 4 is 94.2 Å². The Morgan fingerprint density at radius 3 is 1.52 bits per heavy atom. The minimum atomic E-state index is -1.36. The van der Waals surface area contributed by atoms with Crippen LogP contribution in [0.4, 0.5) is 0 Å². The lowest BCUT2D eigenvalue weighted by molar-refractivity contribution is -0.143. The van der Waals surface area contributed by atoms with Crippen LogP contribution in [0.1, 0.15) is 94.7 Å². The summed E-state index contributed by atoms with van der Waals surface area (Å²) >= 11 is 9.66. The molecular formula is C27H48Br2N2O7S4. The highest BCUT2D eigenvalue weighted by Crippen LogP contribution is 2.35. The number of thiophene rings is 2. The van der Waals surface area contributed by atoms with Crippen molar-refractivity contribution in [1.82, 2.24) is 9.44 Å². The number of esters is 1. The molecule has 0 aliphatic carbocycles. The average Bonchev–Trinajstić information content (AvgIpc) is 3.64. The third kappa shape index (κ3) is 12.7. The third-order valence-electron chi connectivity index (χ3n) is 5.60. The van der Waals surface area contributed by atoms with Gasteiger partial charge in [0.15, 0.2) is 0 Å². The largest absolute Gasteiger partial charge is 0.481 e. The molecule has 42 heavy (non-hydrogen) atoms. The van der Waals surface area contributed by atoms with E-state index in [-0.39, 0.29) is 26.5 Å². The lowest BCUT2D eigenvalue weighted by Gasteiger charge is -2.32. The Morgan fingerprint density at radius 1 is 0.857 bits per heavy atom. The monoisotopic (exact) mass is 805 g/mol. The molecule has 0 saturated heterocycles. The molecule has 2 unspecified atom stereocenters. The van der Waals surface area contributed by atoms with E-state index >= 15 is 0 Å². The number of rotatable bonds is 12. The van der Waals surface area contributed by atoms with E-state index in [9.17, 15) is 22.8 Å². The second kappa shape index (κ2) is 16.0. The molecule has 0 radical (unpaired) electrons.